The summed E-state index contributed by atoms with van der Waals surface area (Å²) in [6.45, 7) is 0.992. The van der Waals surface area contributed by atoms with Crippen molar-refractivity contribution in [3.8, 4) is 5.75 Å². The zero-order chi connectivity index (χ0) is 23.2. The van der Waals surface area contributed by atoms with Crippen molar-refractivity contribution in [2.45, 2.75) is 24.7 Å². The number of ether oxygens (including phenoxy) is 3. The summed E-state index contributed by atoms with van der Waals surface area (Å²) < 4.78 is 47.9. The van der Waals surface area contributed by atoms with Crippen LogP contribution in [0.2, 0.25) is 5.02 Å². The van der Waals surface area contributed by atoms with E-state index < -0.39 is 15.5 Å². The van der Waals surface area contributed by atoms with E-state index in [0.29, 0.717) is 52.1 Å². The van der Waals surface area contributed by atoms with Crippen LogP contribution in [0.5, 0.6) is 5.75 Å². The fourth-order valence-electron chi connectivity index (χ4n) is 4.05. The Bertz CT molecular complexity index is 1340. The van der Waals surface area contributed by atoms with Crippen molar-refractivity contribution < 1.29 is 22.8 Å². The Morgan fingerprint density at radius 3 is 2.91 bits per heavy atom. The van der Waals surface area contributed by atoms with Crippen LogP contribution in [0.4, 0.5) is 21.6 Å². The normalized spacial score (nSPS) is 22.4. The molecule has 0 saturated carbocycles. The van der Waals surface area contributed by atoms with Crippen LogP contribution < -0.4 is 10.1 Å². The van der Waals surface area contributed by atoms with Gasteiger partial charge in [0.05, 0.1) is 40.0 Å². The lowest BCUT2D eigenvalue weighted by molar-refractivity contribution is 0.0310. The SMILES string of the molecule is CS(C)(=O)=Nc1cc(Cl)c2c(Nc3ccc(F)cc3O[C@@H]3COC4CCOC43)ncnc2c1. The number of hydrogen-bond acceptors (Lipinski definition) is 8. The van der Waals surface area contributed by atoms with Crippen LogP contribution in [-0.2, 0) is 19.2 Å². The Kier molecular flexibility index (Phi) is 5.86. The van der Waals surface area contributed by atoms with Gasteiger partial charge in [-0.2, -0.15) is 4.36 Å². The van der Waals surface area contributed by atoms with E-state index in [2.05, 4.69) is 19.6 Å². The molecule has 5 rings (SSSR count). The van der Waals surface area contributed by atoms with Gasteiger partial charge in [0.1, 0.15) is 29.8 Å². The van der Waals surface area contributed by atoms with Crippen molar-refractivity contribution in [1.82, 2.24) is 9.97 Å². The van der Waals surface area contributed by atoms with Crippen molar-refractivity contribution in [2.75, 3.05) is 31.0 Å². The van der Waals surface area contributed by atoms with Crippen molar-refractivity contribution in [3.63, 3.8) is 0 Å². The first-order valence-corrected chi connectivity index (χ1v) is 13.1. The maximum Gasteiger partial charge on any atom is 0.151 e. The average molecular weight is 493 g/mol. The molecule has 174 valence electrons. The van der Waals surface area contributed by atoms with Gasteiger partial charge in [-0.15, -0.1) is 0 Å². The Labute approximate surface area is 195 Å². The second-order valence-corrected chi connectivity index (χ2v) is 11.2. The number of aromatic nitrogens is 2. The van der Waals surface area contributed by atoms with Gasteiger partial charge in [-0.25, -0.2) is 18.6 Å². The molecule has 1 N–H and O–H groups in total. The second-order valence-electron chi connectivity index (χ2n) is 8.23. The summed E-state index contributed by atoms with van der Waals surface area (Å²) >= 11 is 6.53. The van der Waals surface area contributed by atoms with Crippen LogP contribution in [0.1, 0.15) is 6.42 Å². The van der Waals surface area contributed by atoms with E-state index in [0.717, 1.165) is 6.42 Å². The summed E-state index contributed by atoms with van der Waals surface area (Å²) in [5.74, 6) is 0.295. The fraction of sp³-hybridized carbons (Fsp3) is 0.364. The lowest BCUT2D eigenvalue weighted by Crippen LogP contribution is -2.32. The molecule has 2 aromatic carbocycles. The molecule has 0 aliphatic carbocycles. The molecule has 0 spiro atoms. The van der Waals surface area contributed by atoms with E-state index in [1.165, 1.54) is 18.5 Å². The molecule has 0 bridgehead atoms. The van der Waals surface area contributed by atoms with Gasteiger partial charge in [0.2, 0.25) is 0 Å². The third-order valence-corrected chi connectivity index (χ3v) is 6.34. The predicted molar refractivity (Wildman–Crippen MR) is 125 cm³/mol. The van der Waals surface area contributed by atoms with Crippen LogP contribution in [0, 0.1) is 5.82 Å². The molecule has 3 aromatic rings. The molecule has 3 atom stereocenters. The molecular weight excluding hydrogens is 471 g/mol. The molecular formula is C22H22ClFN4O4S. The molecule has 3 heterocycles. The van der Waals surface area contributed by atoms with Crippen LogP contribution in [0.25, 0.3) is 10.9 Å². The van der Waals surface area contributed by atoms with Gasteiger partial charge in [-0.1, -0.05) is 11.6 Å². The van der Waals surface area contributed by atoms with Crippen LogP contribution >= 0.6 is 11.6 Å². The summed E-state index contributed by atoms with van der Waals surface area (Å²) in [6.07, 6.45) is 4.78. The van der Waals surface area contributed by atoms with Gasteiger partial charge in [0, 0.05) is 34.9 Å². The molecule has 1 aromatic heterocycles. The van der Waals surface area contributed by atoms with Crippen LogP contribution in [0.15, 0.2) is 41.0 Å². The minimum Gasteiger partial charge on any atom is -0.483 e. The van der Waals surface area contributed by atoms with E-state index in [1.54, 1.807) is 30.7 Å². The largest absolute Gasteiger partial charge is 0.483 e. The lowest BCUT2D eigenvalue weighted by atomic mass is 10.1. The van der Waals surface area contributed by atoms with E-state index in [-0.39, 0.29) is 18.3 Å². The highest BCUT2D eigenvalue weighted by Gasteiger charge is 2.43. The van der Waals surface area contributed by atoms with E-state index in [9.17, 15) is 8.60 Å². The predicted octanol–water partition coefficient (Wildman–Crippen LogP) is 4.46. The third-order valence-electron chi connectivity index (χ3n) is 5.40. The molecule has 0 amide bonds. The monoisotopic (exact) mass is 492 g/mol. The minimum absolute atomic E-state index is 0.00475. The minimum atomic E-state index is -2.36. The second kappa shape index (κ2) is 8.68. The molecule has 11 heteroatoms. The van der Waals surface area contributed by atoms with E-state index in [1.807, 2.05) is 0 Å². The lowest BCUT2D eigenvalue weighted by Gasteiger charge is -2.21. The van der Waals surface area contributed by atoms with Gasteiger partial charge < -0.3 is 19.5 Å². The Hall–Kier alpha value is -2.53. The topological polar surface area (TPSA) is 94.9 Å². The summed E-state index contributed by atoms with van der Waals surface area (Å²) in [4.78, 5) is 8.60. The van der Waals surface area contributed by atoms with Crippen molar-refractivity contribution in [3.05, 3.63) is 47.5 Å². The fourth-order valence-corrected chi connectivity index (χ4v) is 4.96. The Balaban J connectivity index is 1.49. The number of rotatable bonds is 5. The number of fused-ring (bicyclic) bond motifs is 2. The summed E-state index contributed by atoms with van der Waals surface area (Å²) in [5.41, 5.74) is 1.50. The maximum atomic E-state index is 14.1. The average Bonchev–Trinajstić information content (AvgIpc) is 3.34. The third kappa shape index (κ3) is 4.74. The summed E-state index contributed by atoms with van der Waals surface area (Å²) in [5, 5.41) is 4.08. The van der Waals surface area contributed by atoms with Crippen molar-refractivity contribution in [1.29, 1.82) is 0 Å². The number of benzene rings is 2. The molecule has 2 unspecified atom stereocenters. The molecule has 2 saturated heterocycles. The zero-order valence-corrected chi connectivity index (χ0v) is 19.5. The first kappa shape index (κ1) is 22.3. The van der Waals surface area contributed by atoms with Crippen molar-refractivity contribution in [2.24, 2.45) is 4.36 Å². The quantitative estimate of drug-likeness (QED) is 0.561. The molecule has 2 aliphatic rings. The molecule has 2 fully saturated rings. The molecule has 2 aliphatic heterocycles. The van der Waals surface area contributed by atoms with Crippen LogP contribution in [-0.4, -0.2) is 58.2 Å². The highest BCUT2D eigenvalue weighted by molar-refractivity contribution is 7.92. The summed E-state index contributed by atoms with van der Waals surface area (Å²) in [7, 11) is -2.36. The Morgan fingerprint density at radius 2 is 2.09 bits per heavy atom. The summed E-state index contributed by atoms with van der Waals surface area (Å²) in [6, 6.07) is 7.52. The highest BCUT2D eigenvalue weighted by atomic mass is 35.5. The van der Waals surface area contributed by atoms with Gasteiger partial charge in [0.25, 0.3) is 0 Å². The standard InChI is InChI=1S/C22H22ClFN4O4S/c1-33(2,29)28-13-8-14(23)20-16(9-13)25-11-26-22(20)27-15-4-3-12(24)7-18(15)32-19-10-31-17-5-6-30-21(17)19/h3-4,7-9,11,17,19,21H,5-6,10H2,1-2H3,(H,25,26,27)/t17?,19-,21?/m1/s1. The van der Waals surface area contributed by atoms with E-state index in [4.69, 9.17) is 25.8 Å². The smallest absolute Gasteiger partial charge is 0.151 e. The zero-order valence-electron chi connectivity index (χ0n) is 18.0. The number of nitrogens with zero attached hydrogens (tertiary/aromatic N) is 3. The van der Waals surface area contributed by atoms with Gasteiger partial charge >= 0.3 is 0 Å². The van der Waals surface area contributed by atoms with Gasteiger partial charge in [0.15, 0.2) is 6.10 Å². The van der Waals surface area contributed by atoms with Crippen LogP contribution in [0.3, 0.4) is 0 Å². The maximum absolute atomic E-state index is 14.1. The first-order chi connectivity index (χ1) is 15.8. The van der Waals surface area contributed by atoms with Crippen molar-refractivity contribution >= 4 is 49.4 Å². The van der Waals surface area contributed by atoms with Gasteiger partial charge in [-0.3, -0.25) is 0 Å². The number of halogens is 2. The van der Waals surface area contributed by atoms with Gasteiger partial charge in [-0.05, 0) is 30.7 Å². The number of anilines is 2. The molecule has 8 nitrogen and oxygen atoms in total. The molecule has 33 heavy (non-hydrogen) atoms. The number of hydrogen-bond donors (Lipinski definition) is 1. The molecule has 0 radical (unpaired) electrons. The highest BCUT2D eigenvalue weighted by Crippen LogP contribution is 2.37. The Morgan fingerprint density at radius 1 is 1.24 bits per heavy atom. The number of nitrogens with one attached hydrogen (secondary N) is 1. The first-order valence-electron chi connectivity index (χ1n) is 10.3. The van der Waals surface area contributed by atoms with E-state index >= 15 is 0 Å².